The second-order valence-electron chi connectivity index (χ2n) is 10.7. The van der Waals surface area contributed by atoms with Crippen LogP contribution in [0, 0.1) is 27.7 Å². The van der Waals surface area contributed by atoms with Gasteiger partial charge in [0.05, 0.1) is 10.6 Å². The lowest BCUT2D eigenvalue weighted by Crippen LogP contribution is -2.52. The molecule has 0 heterocycles. The van der Waals surface area contributed by atoms with Crippen LogP contribution in [0.2, 0.25) is 0 Å². The average molecular weight is 578 g/mol. The molecule has 41 heavy (non-hydrogen) atoms. The largest absolute Gasteiger partial charge is 0.354 e. The number of nitrogens with zero attached hydrogens (tertiary/aromatic N) is 2. The Bertz CT molecular complexity index is 1430. The van der Waals surface area contributed by atoms with Gasteiger partial charge < -0.3 is 10.2 Å². The molecular weight excluding hydrogens is 534 g/mol. The minimum absolute atomic E-state index is 0.101. The molecule has 1 N–H and O–H groups in total. The van der Waals surface area contributed by atoms with Crippen molar-refractivity contribution in [3.8, 4) is 0 Å². The Morgan fingerprint density at radius 3 is 2.00 bits per heavy atom. The van der Waals surface area contributed by atoms with Gasteiger partial charge in [-0.05, 0) is 81.5 Å². The lowest BCUT2D eigenvalue weighted by Gasteiger charge is -2.33. The Morgan fingerprint density at radius 2 is 1.44 bits per heavy atom. The van der Waals surface area contributed by atoms with E-state index in [0.717, 1.165) is 45.0 Å². The molecule has 0 bridgehead atoms. The van der Waals surface area contributed by atoms with Gasteiger partial charge in [0.1, 0.15) is 12.6 Å². The van der Waals surface area contributed by atoms with Gasteiger partial charge in [-0.3, -0.25) is 13.9 Å². The van der Waals surface area contributed by atoms with E-state index < -0.39 is 28.5 Å². The molecule has 0 aliphatic carbocycles. The van der Waals surface area contributed by atoms with Crippen molar-refractivity contribution in [2.24, 2.45) is 0 Å². The molecule has 1 atom stereocenters. The molecule has 0 aliphatic heterocycles. The van der Waals surface area contributed by atoms with Gasteiger partial charge >= 0.3 is 0 Å². The van der Waals surface area contributed by atoms with Crippen molar-refractivity contribution in [1.82, 2.24) is 10.2 Å². The van der Waals surface area contributed by atoms with Gasteiger partial charge in [-0.1, -0.05) is 73.9 Å². The first kappa shape index (κ1) is 31.9. The Morgan fingerprint density at radius 1 is 0.829 bits per heavy atom. The van der Waals surface area contributed by atoms with Gasteiger partial charge in [0.2, 0.25) is 11.8 Å². The molecule has 0 spiro atoms. The fourth-order valence-corrected chi connectivity index (χ4v) is 5.97. The van der Waals surface area contributed by atoms with Crippen molar-refractivity contribution in [2.45, 2.75) is 78.3 Å². The van der Waals surface area contributed by atoms with Gasteiger partial charge in [0.15, 0.2) is 0 Å². The first-order chi connectivity index (χ1) is 19.5. The van der Waals surface area contributed by atoms with Crippen LogP contribution in [-0.4, -0.2) is 44.3 Å². The number of carbonyl (C=O) groups excluding carboxylic acids is 2. The quantitative estimate of drug-likeness (QED) is 0.259. The maximum absolute atomic E-state index is 14.2. The topological polar surface area (TPSA) is 86.8 Å². The number of hydrogen-bond donors (Lipinski definition) is 1. The molecule has 0 aromatic heterocycles. The van der Waals surface area contributed by atoms with Gasteiger partial charge in [0.25, 0.3) is 10.0 Å². The van der Waals surface area contributed by atoms with E-state index in [1.165, 1.54) is 4.90 Å². The van der Waals surface area contributed by atoms with Crippen molar-refractivity contribution in [3.63, 3.8) is 0 Å². The Labute approximate surface area is 245 Å². The van der Waals surface area contributed by atoms with Crippen LogP contribution in [0.25, 0.3) is 0 Å². The summed E-state index contributed by atoms with van der Waals surface area (Å²) in [7, 11) is -4.09. The summed E-state index contributed by atoms with van der Waals surface area (Å²) in [5, 5.41) is 2.96. The average Bonchev–Trinajstić information content (AvgIpc) is 2.94. The van der Waals surface area contributed by atoms with Crippen LogP contribution < -0.4 is 9.62 Å². The number of amides is 2. The van der Waals surface area contributed by atoms with Crippen LogP contribution in [0.5, 0.6) is 0 Å². The highest BCUT2D eigenvalue weighted by Crippen LogP contribution is 2.27. The summed E-state index contributed by atoms with van der Waals surface area (Å²) in [6.07, 6.45) is 2.16. The van der Waals surface area contributed by atoms with Crippen molar-refractivity contribution in [2.75, 3.05) is 17.4 Å². The van der Waals surface area contributed by atoms with Crippen molar-refractivity contribution in [3.05, 3.63) is 94.5 Å². The van der Waals surface area contributed by atoms with E-state index in [1.54, 1.807) is 36.4 Å². The first-order valence-corrected chi connectivity index (χ1v) is 15.7. The maximum atomic E-state index is 14.2. The Kier molecular flexibility index (Phi) is 11.1. The Hall–Kier alpha value is -3.65. The molecule has 2 amide bonds. The summed E-state index contributed by atoms with van der Waals surface area (Å²) in [5.41, 5.74) is 5.21. The summed E-state index contributed by atoms with van der Waals surface area (Å²) < 4.78 is 29.2. The molecular formula is C33H43N3O4S. The van der Waals surface area contributed by atoms with Crippen molar-refractivity contribution in [1.29, 1.82) is 0 Å². The zero-order chi connectivity index (χ0) is 30.2. The number of sulfonamides is 1. The summed E-state index contributed by atoms with van der Waals surface area (Å²) >= 11 is 0. The molecule has 8 heteroatoms. The van der Waals surface area contributed by atoms with Crippen molar-refractivity contribution >= 4 is 27.5 Å². The highest BCUT2D eigenvalue weighted by Gasteiger charge is 2.33. The summed E-state index contributed by atoms with van der Waals surface area (Å²) in [4.78, 5) is 29.1. The molecule has 0 radical (unpaired) electrons. The first-order valence-electron chi connectivity index (χ1n) is 14.3. The molecule has 0 saturated carbocycles. The molecule has 7 nitrogen and oxygen atoms in total. The maximum Gasteiger partial charge on any atom is 0.264 e. The van der Waals surface area contributed by atoms with Crippen LogP contribution in [-0.2, 0) is 26.2 Å². The number of rotatable bonds is 13. The molecule has 0 saturated heterocycles. The summed E-state index contributed by atoms with van der Waals surface area (Å²) in [6.45, 7) is 11.9. The van der Waals surface area contributed by atoms with Crippen LogP contribution in [0.1, 0.15) is 60.9 Å². The van der Waals surface area contributed by atoms with Gasteiger partial charge in [0, 0.05) is 13.1 Å². The van der Waals surface area contributed by atoms with E-state index in [4.69, 9.17) is 0 Å². The third kappa shape index (κ3) is 8.19. The minimum atomic E-state index is -4.09. The second kappa shape index (κ2) is 14.3. The number of aryl methyl sites for hydroxylation is 4. The normalized spacial score (nSPS) is 12.0. The molecule has 220 valence electrons. The lowest BCUT2D eigenvalue weighted by molar-refractivity contribution is -0.140. The van der Waals surface area contributed by atoms with E-state index in [2.05, 4.69) is 5.32 Å². The summed E-state index contributed by atoms with van der Waals surface area (Å²) in [5.74, 6) is -0.683. The zero-order valence-corrected chi connectivity index (χ0v) is 25.9. The fourth-order valence-electron chi connectivity index (χ4n) is 4.56. The van der Waals surface area contributed by atoms with Gasteiger partial charge in [-0.25, -0.2) is 8.42 Å². The van der Waals surface area contributed by atoms with Crippen molar-refractivity contribution < 1.29 is 18.0 Å². The third-order valence-corrected chi connectivity index (χ3v) is 9.14. The van der Waals surface area contributed by atoms with E-state index >= 15 is 0 Å². The van der Waals surface area contributed by atoms with Gasteiger partial charge in [-0.15, -0.1) is 0 Å². The number of unbranched alkanes of at least 4 members (excludes halogenated alkanes) is 1. The highest BCUT2D eigenvalue weighted by molar-refractivity contribution is 7.92. The second-order valence-corrected chi connectivity index (χ2v) is 12.5. The predicted octanol–water partition coefficient (Wildman–Crippen LogP) is 5.84. The number of anilines is 1. The minimum Gasteiger partial charge on any atom is -0.354 e. The van der Waals surface area contributed by atoms with E-state index in [9.17, 15) is 18.0 Å². The van der Waals surface area contributed by atoms with E-state index in [-0.39, 0.29) is 17.3 Å². The third-order valence-electron chi connectivity index (χ3n) is 7.36. The molecule has 3 rings (SSSR count). The zero-order valence-electron chi connectivity index (χ0n) is 25.1. The highest BCUT2D eigenvalue weighted by atomic mass is 32.2. The number of carbonyl (C=O) groups is 2. The van der Waals surface area contributed by atoms with E-state index in [1.807, 2.05) is 71.9 Å². The molecule has 3 aromatic carbocycles. The lowest BCUT2D eigenvalue weighted by atomic mass is 10.1. The SMILES string of the molecule is CCCCNC(=O)[C@@H](CC)N(Cc1ccc(C)cc1)C(=O)CN(c1ccc(C)c(C)c1)S(=O)(=O)c1ccc(C)cc1. The number of benzene rings is 3. The van der Waals surface area contributed by atoms with Gasteiger partial charge in [-0.2, -0.15) is 0 Å². The van der Waals surface area contributed by atoms with Crippen LogP contribution >= 0.6 is 0 Å². The van der Waals surface area contributed by atoms with Crippen LogP contribution in [0.3, 0.4) is 0 Å². The molecule has 0 unspecified atom stereocenters. The predicted molar refractivity (Wildman–Crippen MR) is 165 cm³/mol. The monoisotopic (exact) mass is 577 g/mol. The van der Waals surface area contributed by atoms with Crippen LogP contribution in [0.15, 0.2) is 71.6 Å². The molecule has 0 fully saturated rings. The summed E-state index contributed by atoms with van der Waals surface area (Å²) in [6, 6.07) is 19.0. The number of nitrogens with one attached hydrogen (secondary N) is 1. The fraction of sp³-hybridized carbons (Fsp3) is 0.394. The standard InChI is InChI=1S/C33H43N3O4S/c1-7-9-20-34-33(38)31(8-2)35(22-28-15-10-24(3)11-16-28)32(37)23-36(29-17-14-26(5)27(6)21-29)41(39,40)30-18-12-25(4)13-19-30/h10-19,21,31H,7-9,20,22-23H2,1-6H3,(H,34,38)/t31-/m1/s1. The molecule has 0 aliphatic rings. The molecule has 3 aromatic rings. The smallest absolute Gasteiger partial charge is 0.264 e. The number of hydrogen-bond acceptors (Lipinski definition) is 4. The van der Waals surface area contributed by atoms with Crippen LogP contribution in [0.4, 0.5) is 5.69 Å². The van der Waals surface area contributed by atoms with E-state index in [0.29, 0.717) is 18.7 Å². The Balaban J connectivity index is 2.05.